The zero-order chi connectivity index (χ0) is 21.9. The Hall–Kier alpha value is -3.07. The van der Waals surface area contributed by atoms with Crippen molar-refractivity contribution in [3.63, 3.8) is 0 Å². The topological polar surface area (TPSA) is 68.9 Å². The van der Waals surface area contributed by atoms with E-state index in [0.29, 0.717) is 5.02 Å². The largest absolute Gasteiger partial charge is 0.416 e. The van der Waals surface area contributed by atoms with Crippen LogP contribution in [0.4, 0.5) is 13.2 Å². The van der Waals surface area contributed by atoms with Gasteiger partial charge in [0.2, 0.25) is 5.91 Å². The normalized spacial score (nSPS) is 11.5. The molecule has 1 aromatic heterocycles. The Morgan fingerprint density at radius 3 is 2.53 bits per heavy atom. The molecule has 0 radical (unpaired) electrons. The highest BCUT2D eigenvalue weighted by atomic mass is 35.5. The molecule has 1 amide bonds. The molecule has 0 aliphatic carbocycles. The Morgan fingerprint density at radius 2 is 1.87 bits per heavy atom. The highest BCUT2D eigenvalue weighted by Gasteiger charge is 2.30. The van der Waals surface area contributed by atoms with E-state index in [0.717, 1.165) is 22.4 Å². The van der Waals surface area contributed by atoms with Gasteiger partial charge in [0.1, 0.15) is 0 Å². The summed E-state index contributed by atoms with van der Waals surface area (Å²) in [6.07, 6.45) is -4.34. The van der Waals surface area contributed by atoms with Crippen LogP contribution in [0.5, 0.6) is 0 Å². The Balaban J connectivity index is 1.66. The summed E-state index contributed by atoms with van der Waals surface area (Å²) < 4.78 is 41.1. The average molecular weight is 439 g/mol. The molecule has 2 aromatic carbocycles. The molecule has 0 unspecified atom stereocenters. The molecule has 1 N–H and O–H groups in total. The molecule has 30 heavy (non-hydrogen) atoms. The first-order valence-corrected chi connectivity index (χ1v) is 9.35. The molecule has 0 atom stereocenters. The number of carbonyl (C=O) groups is 1. The number of hydrogen-bond acceptors (Lipinski definition) is 3. The molecule has 10 heteroatoms. The first kappa shape index (κ1) is 21.6. The third-order valence-corrected chi connectivity index (χ3v) is 4.66. The van der Waals surface area contributed by atoms with E-state index >= 15 is 0 Å². The Bertz CT molecular complexity index is 1100. The van der Waals surface area contributed by atoms with E-state index in [2.05, 4.69) is 10.4 Å². The number of alkyl halides is 3. The van der Waals surface area contributed by atoms with Gasteiger partial charge in [0.15, 0.2) is 5.82 Å². The summed E-state index contributed by atoms with van der Waals surface area (Å²) >= 11 is 5.81. The lowest BCUT2D eigenvalue weighted by atomic mass is 10.1. The molecule has 3 aromatic rings. The van der Waals surface area contributed by atoms with Gasteiger partial charge < -0.3 is 5.32 Å². The quantitative estimate of drug-likeness (QED) is 0.642. The molecule has 0 aliphatic heterocycles. The van der Waals surface area contributed by atoms with Gasteiger partial charge in [0.25, 0.3) is 0 Å². The third kappa shape index (κ3) is 5.10. The van der Waals surface area contributed by atoms with E-state index in [1.54, 1.807) is 24.3 Å². The predicted molar refractivity (Wildman–Crippen MR) is 106 cm³/mol. The van der Waals surface area contributed by atoms with E-state index in [1.165, 1.54) is 23.7 Å². The summed E-state index contributed by atoms with van der Waals surface area (Å²) in [4.78, 5) is 24.4. The monoisotopic (exact) mass is 438 g/mol. The van der Waals surface area contributed by atoms with Crippen molar-refractivity contribution in [1.29, 1.82) is 0 Å². The van der Waals surface area contributed by atoms with Gasteiger partial charge in [-0.15, -0.1) is 5.10 Å². The lowest BCUT2D eigenvalue weighted by Gasteiger charge is -2.08. The summed E-state index contributed by atoms with van der Waals surface area (Å²) in [5, 5.41) is 7.39. The SMILES string of the molecule is Cn1c(-c2cccc(C(F)(F)F)c2)nn(CCNC(=O)Cc2ccc(Cl)cc2)c1=O. The van der Waals surface area contributed by atoms with Crippen LogP contribution in [0.25, 0.3) is 11.4 Å². The number of halogens is 4. The molecule has 0 saturated heterocycles. The molecule has 1 heterocycles. The van der Waals surface area contributed by atoms with Crippen LogP contribution in [-0.4, -0.2) is 26.8 Å². The molecule has 0 bridgehead atoms. The lowest BCUT2D eigenvalue weighted by Crippen LogP contribution is -2.32. The van der Waals surface area contributed by atoms with Gasteiger partial charge in [0, 0.05) is 24.2 Å². The van der Waals surface area contributed by atoms with Crippen molar-refractivity contribution in [1.82, 2.24) is 19.7 Å². The highest BCUT2D eigenvalue weighted by molar-refractivity contribution is 6.30. The van der Waals surface area contributed by atoms with Crippen LogP contribution in [0, 0.1) is 0 Å². The number of nitrogens with one attached hydrogen (secondary N) is 1. The number of hydrogen-bond donors (Lipinski definition) is 1. The second-order valence-electron chi connectivity index (χ2n) is 6.62. The fourth-order valence-corrected chi connectivity index (χ4v) is 3.00. The first-order valence-electron chi connectivity index (χ1n) is 8.98. The predicted octanol–water partition coefficient (Wildman–Crippen LogP) is 3.28. The highest BCUT2D eigenvalue weighted by Crippen LogP contribution is 2.31. The second kappa shape index (κ2) is 8.74. The zero-order valence-corrected chi connectivity index (χ0v) is 16.7. The molecule has 6 nitrogen and oxygen atoms in total. The van der Waals surface area contributed by atoms with E-state index in [4.69, 9.17) is 11.6 Å². The Kier molecular flexibility index (Phi) is 6.31. The van der Waals surface area contributed by atoms with Crippen molar-refractivity contribution in [2.75, 3.05) is 6.54 Å². The fourth-order valence-electron chi connectivity index (χ4n) is 2.87. The van der Waals surface area contributed by atoms with Crippen molar-refractivity contribution in [2.24, 2.45) is 7.05 Å². The van der Waals surface area contributed by atoms with Crippen LogP contribution in [0.15, 0.2) is 53.3 Å². The van der Waals surface area contributed by atoms with Crippen LogP contribution in [0.1, 0.15) is 11.1 Å². The van der Waals surface area contributed by atoms with E-state index in [-0.39, 0.29) is 36.8 Å². The average Bonchev–Trinajstić information content (AvgIpc) is 2.98. The minimum Gasteiger partial charge on any atom is -0.354 e. The van der Waals surface area contributed by atoms with Gasteiger partial charge in [-0.3, -0.25) is 9.36 Å². The molecular formula is C20H18ClF3N4O2. The molecule has 0 spiro atoms. The van der Waals surface area contributed by atoms with Gasteiger partial charge in [-0.25, -0.2) is 9.48 Å². The minimum absolute atomic E-state index is 0.0813. The summed E-state index contributed by atoms with van der Waals surface area (Å²) in [5.74, 6) is -0.127. The summed E-state index contributed by atoms with van der Waals surface area (Å²) in [6, 6.07) is 11.5. The number of benzene rings is 2. The summed E-state index contributed by atoms with van der Waals surface area (Å²) in [6.45, 7) is 0.226. The van der Waals surface area contributed by atoms with Crippen molar-refractivity contribution in [2.45, 2.75) is 19.1 Å². The van der Waals surface area contributed by atoms with Gasteiger partial charge >= 0.3 is 11.9 Å². The number of nitrogens with zero attached hydrogens (tertiary/aromatic N) is 3. The van der Waals surface area contributed by atoms with Crippen molar-refractivity contribution in [3.8, 4) is 11.4 Å². The van der Waals surface area contributed by atoms with Crippen molar-refractivity contribution in [3.05, 3.63) is 75.2 Å². The summed E-state index contributed by atoms with van der Waals surface area (Å²) in [7, 11) is 1.43. The maximum absolute atomic E-state index is 12.9. The van der Waals surface area contributed by atoms with Gasteiger partial charge in [-0.05, 0) is 29.8 Å². The third-order valence-electron chi connectivity index (χ3n) is 4.41. The van der Waals surface area contributed by atoms with E-state index < -0.39 is 17.4 Å². The Labute approximate surface area is 174 Å². The van der Waals surface area contributed by atoms with Crippen LogP contribution in [-0.2, 0) is 31.0 Å². The van der Waals surface area contributed by atoms with E-state index in [9.17, 15) is 22.8 Å². The minimum atomic E-state index is -4.49. The standard InChI is InChI=1S/C20H18ClF3N4O2/c1-27-18(14-3-2-4-15(12-14)20(22,23)24)26-28(19(27)30)10-9-25-17(29)11-13-5-7-16(21)8-6-13/h2-8,12H,9-11H2,1H3,(H,25,29). The molecule has 158 valence electrons. The molecule has 0 aliphatic rings. The van der Waals surface area contributed by atoms with Crippen LogP contribution >= 0.6 is 11.6 Å². The van der Waals surface area contributed by atoms with Crippen LogP contribution in [0.2, 0.25) is 5.02 Å². The summed E-state index contributed by atoms with van der Waals surface area (Å²) in [5.41, 5.74) is -0.348. The Morgan fingerprint density at radius 1 is 1.17 bits per heavy atom. The van der Waals surface area contributed by atoms with Crippen molar-refractivity contribution < 1.29 is 18.0 Å². The van der Waals surface area contributed by atoms with Crippen LogP contribution < -0.4 is 11.0 Å². The second-order valence-corrected chi connectivity index (χ2v) is 7.06. The van der Waals surface area contributed by atoms with Gasteiger partial charge in [0.05, 0.1) is 18.5 Å². The number of carbonyl (C=O) groups excluding carboxylic acids is 1. The smallest absolute Gasteiger partial charge is 0.354 e. The maximum Gasteiger partial charge on any atom is 0.416 e. The zero-order valence-electron chi connectivity index (χ0n) is 15.9. The fraction of sp³-hybridized carbons (Fsp3) is 0.250. The first-order chi connectivity index (χ1) is 14.1. The molecule has 3 rings (SSSR count). The van der Waals surface area contributed by atoms with Crippen molar-refractivity contribution >= 4 is 17.5 Å². The number of aromatic nitrogens is 3. The van der Waals surface area contributed by atoms with Crippen LogP contribution in [0.3, 0.4) is 0 Å². The van der Waals surface area contributed by atoms with Gasteiger partial charge in [-0.1, -0.05) is 35.9 Å². The van der Waals surface area contributed by atoms with Gasteiger partial charge in [-0.2, -0.15) is 13.2 Å². The van der Waals surface area contributed by atoms with E-state index in [1.807, 2.05) is 0 Å². The lowest BCUT2D eigenvalue weighted by molar-refractivity contribution is -0.137. The maximum atomic E-state index is 12.9. The molecule has 0 saturated carbocycles. The molecule has 0 fully saturated rings. The number of amides is 1. The number of rotatable bonds is 6. The molecular weight excluding hydrogens is 421 g/mol.